The molecule has 1 aromatic rings. The first kappa shape index (κ1) is 23.3. The van der Waals surface area contributed by atoms with Crippen molar-refractivity contribution < 1.29 is 19.0 Å². The maximum Gasteiger partial charge on any atom is 0.224 e. The molecular weight excluding hydrogens is 406 g/mol. The molecule has 1 N–H and O–H groups in total. The fourth-order valence-corrected chi connectivity index (χ4v) is 5.49. The standard InChI is InChI=1S/C25H39N3O4/c1-30-23-8-7-19(13-24(23)31-2)15-28-17-20(16-27-9-3-4-10-27)12-21(18-28)25(29)26-14-22-6-5-11-32-22/h7-8,13,20-22H,3-6,9-12,14-18H2,1-2H3,(H,26,29)/t20-,21-,22?/m1/s1. The van der Waals surface area contributed by atoms with E-state index in [9.17, 15) is 4.79 Å². The van der Waals surface area contributed by atoms with Crippen LogP contribution in [-0.4, -0.2) is 81.9 Å². The van der Waals surface area contributed by atoms with Gasteiger partial charge in [-0.1, -0.05) is 6.07 Å². The van der Waals surface area contributed by atoms with Gasteiger partial charge < -0.3 is 24.4 Å². The van der Waals surface area contributed by atoms with Crippen LogP contribution in [0.4, 0.5) is 0 Å². The third-order valence-electron chi connectivity index (χ3n) is 7.08. The Morgan fingerprint density at radius 2 is 1.91 bits per heavy atom. The van der Waals surface area contributed by atoms with E-state index in [1.807, 2.05) is 6.07 Å². The number of hydrogen-bond donors (Lipinski definition) is 1. The van der Waals surface area contributed by atoms with Crippen molar-refractivity contribution in [1.29, 1.82) is 0 Å². The van der Waals surface area contributed by atoms with Crippen molar-refractivity contribution in [1.82, 2.24) is 15.1 Å². The van der Waals surface area contributed by atoms with Gasteiger partial charge in [0.15, 0.2) is 11.5 Å². The minimum atomic E-state index is 0.0258. The number of benzene rings is 1. The van der Waals surface area contributed by atoms with Crippen LogP contribution in [-0.2, 0) is 16.1 Å². The van der Waals surface area contributed by atoms with Crippen LogP contribution in [0.15, 0.2) is 18.2 Å². The Kier molecular flexibility index (Phi) is 8.27. The number of rotatable bonds is 9. The third kappa shape index (κ3) is 6.15. The van der Waals surface area contributed by atoms with Gasteiger partial charge in [0, 0.05) is 39.3 Å². The molecule has 0 spiro atoms. The molecule has 3 heterocycles. The molecule has 178 valence electrons. The van der Waals surface area contributed by atoms with Gasteiger partial charge in [-0.15, -0.1) is 0 Å². The number of amides is 1. The van der Waals surface area contributed by atoms with Gasteiger partial charge in [0.2, 0.25) is 5.91 Å². The van der Waals surface area contributed by atoms with Crippen molar-refractivity contribution in [2.24, 2.45) is 11.8 Å². The normalized spacial score (nSPS) is 26.9. The minimum absolute atomic E-state index is 0.0258. The summed E-state index contributed by atoms with van der Waals surface area (Å²) in [5.74, 6) is 2.22. The average Bonchev–Trinajstić information content (AvgIpc) is 3.51. The molecule has 3 aliphatic heterocycles. The molecule has 1 aromatic carbocycles. The largest absolute Gasteiger partial charge is 0.493 e. The summed E-state index contributed by atoms with van der Waals surface area (Å²) in [7, 11) is 3.33. The first-order valence-electron chi connectivity index (χ1n) is 12.2. The topological polar surface area (TPSA) is 63.3 Å². The van der Waals surface area contributed by atoms with Crippen molar-refractivity contribution >= 4 is 5.91 Å². The van der Waals surface area contributed by atoms with Crippen LogP contribution in [0.25, 0.3) is 0 Å². The molecule has 0 saturated carbocycles. The van der Waals surface area contributed by atoms with Crippen molar-refractivity contribution in [3.05, 3.63) is 23.8 Å². The molecule has 3 fully saturated rings. The Morgan fingerprint density at radius 1 is 1.09 bits per heavy atom. The summed E-state index contributed by atoms with van der Waals surface area (Å²) in [4.78, 5) is 18.1. The highest BCUT2D eigenvalue weighted by Gasteiger charge is 2.33. The predicted molar refractivity (Wildman–Crippen MR) is 124 cm³/mol. The Hall–Kier alpha value is -1.83. The van der Waals surface area contributed by atoms with E-state index in [-0.39, 0.29) is 17.9 Å². The summed E-state index contributed by atoms with van der Waals surface area (Å²) in [6.45, 7) is 7.58. The Balaban J connectivity index is 1.40. The highest BCUT2D eigenvalue weighted by Crippen LogP contribution is 2.30. The lowest BCUT2D eigenvalue weighted by molar-refractivity contribution is -0.128. The second kappa shape index (κ2) is 11.3. The molecule has 7 heteroatoms. The van der Waals surface area contributed by atoms with Crippen molar-refractivity contribution in [2.45, 2.75) is 44.8 Å². The number of ether oxygens (including phenoxy) is 3. The summed E-state index contributed by atoms with van der Waals surface area (Å²) in [6.07, 6.45) is 5.90. The highest BCUT2D eigenvalue weighted by atomic mass is 16.5. The molecule has 32 heavy (non-hydrogen) atoms. The molecular formula is C25H39N3O4. The first-order chi connectivity index (χ1) is 15.6. The van der Waals surface area contributed by atoms with E-state index in [1.165, 1.54) is 31.5 Å². The smallest absolute Gasteiger partial charge is 0.224 e. The van der Waals surface area contributed by atoms with Gasteiger partial charge in [0.1, 0.15) is 0 Å². The molecule has 1 amide bonds. The third-order valence-corrected chi connectivity index (χ3v) is 7.08. The minimum Gasteiger partial charge on any atom is -0.493 e. The summed E-state index contributed by atoms with van der Waals surface area (Å²) in [5, 5.41) is 3.19. The Bertz CT molecular complexity index is 747. The molecule has 0 radical (unpaired) electrons. The molecule has 3 atom stereocenters. The zero-order valence-electron chi connectivity index (χ0n) is 19.7. The zero-order valence-corrected chi connectivity index (χ0v) is 19.7. The monoisotopic (exact) mass is 445 g/mol. The molecule has 0 bridgehead atoms. The van der Waals surface area contributed by atoms with E-state index in [0.29, 0.717) is 12.5 Å². The number of piperidine rings is 1. The summed E-state index contributed by atoms with van der Waals surface area (Å²) >= 11 is 0. The molecule has 3 saturated heterocycles. The summed E-state index contributed by atoms with van der Waals surface area (Å²) < 4.78 is 16.6. The van der Waals surface area contributed by atoms with Gasteiger partial charge in [-0.25, -0.2) is 0 Å². The second-order valence-electron chi connectivity index (χ2n) is 9.57. The number of carbonyl (C=O) groups is 1. The van der Waals surface area contributed by atoms with E-state index in [1.54, 1.807) is 14.2 Å². The van der Waals surface area contributed by atoms with Crippen LogP contribution in [0, 0.1) is 11.8 Å². The molecule has 1 unspecified atom stereocenters. The van der Waals surface area contributed by atoms with Gasteiger partial charge in [0.25, 0.3) is 0 Å². The Labute approximate surface area is 192 Å². The summed E-state index contributed by atoms with van der Waals surface area (Å²) in [6, 6.07) is 6.11. The lowest BCUT2D eigenvalue weighted by Crippen LogP contribution is -2.49. The van der Waals surface area contributed by atoms with Gasteiger partial charge >= 0.3 is 0 Å². The fourth-order valence-electron chi connectivity index (χ4n) is 5.49. The quantitative estimate of drug-likeness (QED) is 0.630. The number of nitrogens with zero attached hydrogens (tertiary/aromatic N) is 2. The molecule has 4 rings (SSSR count). The van der Waals surface area contributed by atoms with Gasteiger partial charge in [0.05, 0.1) is 26.2 Å². The van der Waals surface area contributed by atoms with Crippen molar-refractivity contribution in [3.8, 4) is 11.5 Å². The molecule has 0 aliphatic carbocycles. The van der Waals surface area contributed by atoms with Gasteiger partial charge in [-0.2, -0.15) is 0 Å². The number of carbonyl (C=O) groups excluding carboxylic acids is 1. The maximum atomic E-state index is 13.1. The van der Waals surface area contributed by atoms with Crippen LogP contribution in [0.1, 0.15) is 37.7 Å². The van der Waals surface area contributed by atoms with E-state index >= 15 is 0 Å². The number of hydrogen-bond acceptors (Lipinski definition) is 6. The van der Waals surface area contributed by atoms with Gasteiger partial charge in [-0.05, 0) is 68.8 Å². The average molecular weight is 446 g/mol. The lowest BCUT2D eigenvalue weighted by Gasteiger charge is -2.38. The SMILES string of the molecule is COc1ccc(CN2C[C@@H](CN3CCCC3)C[C@@H](C(=O)NCC3CCCO3)C2)cc1OC. The van der Waals surface area contributed by atoms with Crippen LogP contribution < -0.4 is 14.8 Å². The zero-order chi connectivity index (χ0) is 22.3. The summed E-state index contributed by atoms with van der Waals surface area (Å²) in [5.41, 5.74) is 1.18. The predicted octanol–water partition coefficient (Wildman–Crippen LogP) is 2.53. The number of nitrogens with one attached hydrogen (secondary N) is 1. The molecule has 3 aliphatic rings. The second-order valence-corrected chi connectivity index (χ2v) is 9.57. The number of methoxy groups -OCH3 is 2. The molecule has 7 nitrogen and oxygen atoms in total. The van der Waals surface area contributed by atoms with Crippen LogP contribution in [0.2, 0.25) is 0 Å². The van der Waals surface area contributed by atoms with E-state index in [2.05, 4.69) is 27.2 Å². The van der Waals surface area contributed by atoms with Gasteiger partial charge in [-0.3, -0.25) is 9.69 Å². The first-order valence-corrected chi connectivity index (χ1v) is 12.2. The lowest BCUT2D eigenvalue weighted by atomic mass is 9.87. The van der Waals surface area contributed by atoms with E-state index in [0.717, 1.165) is 63.5 Å². The van der Waals surface area contributed by atoms with Crippen LogP contribution in [0.5, 0.6) is 11.5 Å². The van der Waals surface area contributed by atoms with E-state index < -0.39 is 0 Å². The van der Waals surface area contributed by atoms with Crippen LogP contribution >= 0.6 is 0 Å². The molecule has 0 aromatic heterocycles. The van der Waals surface area contributed by atoms with E-state index in [4.69, 9.17) is 14.2 Å². The van der Waals surface area contributed by atoms with Crippen molar-refractivity contribution in [2.75, 3.05) is 60.1 Å². The van der Waals surface area contributed by atoms with Crippen LogP contribution in [0.3, 0.4) is 0 Å². The fraction of sp³-hybridized carbons (Fsp3) is 0.720. The van der Waals surface area contributed by atoms with Crippen molar-refractivity contribution in [3.63, 3.8) is 0 Å². The maximum absolute atomic E-state index is 13.1. The number of likely N-dealkylation sites (tertiary alicyclic amines) is 2. The Morgan fingerprint density at radius 3 is 2.62 bits per heavy atom. The highest BCUT2D eigenvalue weighted by molar-refractivity contribution is 5.79.